The summed E-state index contributed by atoms with van der Waals surface area (Å²) in [5.41, 5.74) is -0.147. The molecule has 1 fully saturated rings. The maximum atomic E-state index is 12.1. The lowest BCUT2D eigenvalue weighted by molar-refractivity contribution is -0.384. The van der Waals surface area contributed by atoms with Crippen molar-refractivity contribution in [1.29, 1.82) is 0 Å². The molecule has 1 N–H and O–H groups in total. The molecule has 1 aliphatic rings. The van der Waals surface area contributed by atoms with E-state index in [4.69, 9.17) is 11.6 Å². The maximum absolute atomic E-state index is 12.1. The molecule has 1 saturated heterocycles. The first-order chi connectivity index (χ1) is 8.97. The van der Waals surface area contributed by atoms with Crippen LogP contribution in [-0.2, 0) is 4.79 Å². The summed E-state index contributed by atoms with van der Waals surface area (Å²) in [6.07, 6.45) is 0. The number of nitrogens with zero attached hydrogens (tertiary/aromatic N) is 2. The van der Waals surface area contributed by atoms with Gasteiger partial charge in [-0.2, -0.15) is 0 Å². The van der Waals surface area contributed by atoms with E-state index in [1.807, 2.05) is 0 Å². The fourth-order valence-corrected chi connectivity index (χ4v) is 2.03. The van der Waals surface area contributed by atoms with Crippen LogP contribution in [0.5, 0.6) is 0 Å². The highest BCUT2D eigenvalue weighted by molar-refractivity contribution is 6.31. The van der Waals surface area contributed by atoms with Gasteiger partial charge in [0.05, 0.1) is 11.5 Å². The highest BCUT2D eigenvalue weighted by Crippen LogP contribution is 2.22. The summed E-state index contributed by atoms with van der Waals surface area (Å²) in [7, 11) is 0. The van der Waals surface area contributed by atoms with Crippen LogP contribution in [0.4, 0.5) is 5.69 Å². The van der Waals surface area contributed by atoms with Crippen molar-refractivity contribution in [2.75, 3.05) is 19.6 Å². The van der Waals surface area contributed by atoms with Crippen LogP contribution < -0.4 is 5.32 Å². The normalized spacial score (nSPS) is 15.0. The molecule has 0 saturated carbocycles. The van der Waals surface area contributed by atoms with Gasteiger partial charge in [-0.25, -0.2) is 0 Å². The van der Waals surface area contributed by atoms with Gasteiger partial charge >= 0.3 is 0 Å². The lowest BCUT2D eigenvalue weighted by Gasteiger charge is -2.26. The van der Waals surface area contributed by atoms with Crippen LogP contribution >= 0.6 is 11.6 Å². The number of nitro groups is 1. The van der Waals surface area contributed by atoms with E-state index in [0.717, 1.165) is 6.07 Å². The summed E-state index contributed by atoms with van der Waals surface area (Å²) >= 11 is 5.75. The lowest BCUT2D eigenvalue weighted by atomic mass is 10.1. The second kappa shape index (κ2) is 5.23. The number of nitrogens with one attached hydrogen (secondary N) is 1. The van der Waals surface area contributed by atoms with Gasteiger partial charge in [0.2, 0.25) is 5.91 Å². The number of carbonyl (C=O) groups excluding carboxylic acids is 2. The Balaban J connectivity index is 2.28. The third-order valence-corrected chi connectivity index (χ3v) is 2.88. The van der Waals surface area contributed by atoms with E-state index in [1.54, 1.807) is 0 Å². The first-order valence-corrected chi connectivity index (χ1v) is 5.86. The Labute approximate surface area is 113 Å². The zero-order valence-electron chi connectivity index (χ0n) is 9.76. The van der Waals surface area contributed by atoms with Crippen molar-refractivity contribution in [1.82, 2.24) is 10.2 Å². The summed E-state index contributed by atoms with van der Waals surface area (Å²) in [5, 5.41) is 13.4. The average molecular weight is 284 g/mol. The van der Waals surface area contributed by atoms with E-state index in [2.05, 4.69) is 5.32 Å². The number of piperazine rings is 1. The highest BCUT2D eigenvalue weighted by atomic mass is 35.5. The van der Waals surface area contributed by atoms with E-state index in [9.17, 15) is 19.7 Å². The molecule has 0 atom stereocenters. The molecule has 0 aromatic heterocycles. The number of halogens is 1. The van der Waals surface area contributed by atoms with Crippen molar-refractivity contribution >= 4 is 29.1 Å². The Bertz CT molecular complexity index is 561. The van der Waals surface area contributed by atoms with Gasteiger partial charge in [0.15, 0.2) is 0 Å². The number of hydrogen-bond donors (Lipinski definition) is 1. The largest absolute Gasteiger partial charge is 0.353 e. The van der Waals surface area contributed by atoms with Crippen LogP contribution in [0.2, 0.25) is 5.02 Å². The van der Waals surface area contributed by atoms with E-state index < -0.39 is 10.8 Å². The topological polar surface area (TPSA) is 92.5 Å². The molecule has 1 aromatic rings. The number of nitro benzene ring substituents is 1. The van der Waals surface area contributed by atoms with Crippen LogP contribution in [-0.4, -0.2) is 41.3 Å². The Morgan fingerprint density at radius 1 is 1.42 bits per heavy atom. The number of carbonyl (C=O) groups is 2. The molecule has 1 aromatic carbocycles. The van der Waals surface area contributed by atoms with Crippen molar-refractivity contribution in [3.63, 3.8) is 0 Å². The van der Waals surface area contributed by atoms with E-state index in [0.29, 0.717) is 13.1 Å². The fraction of sp³-hybridized carbons (Fsp3) is 0.273. The molecule has 0 spiro atoms. The number of non-ortho nitro benzene ring substituents is 1. The van der Waals surface area contributed by atoms with E-state index in [1.165, 1.54) is 17.0 Å². The van der Waals surface area contributed by atoms with Crippen LogP contribution in [0.3, 0.4) is 0 Å². The summed E-state index contributed by atoms with van der Waals surface area (Å²) in [5.74, 6) is -0.698. The molecule has 0 unspecified atom stereocenters. The molecule has 100 valence electrons. The van der Waals surface area contributed by atoms with Crippen LogP contribution in [0.15, 0.2) is 18.2 Å². The standard InChI is InChI=1S/C11H10ClN3O4/c12-8-3-7(4-9(5-8)15(18)19)11(17)14-2-1-13-10(16)6-14/h3-5H,1-2,6H2,(H,13,16). The summed E-state index contributed by atoms with van der Waals surface area (Å²) in [6.45, 7) is 0.678. The third-order valence-electron chi connectivity index (χ3n) is 2.67. The minimum absolute atomic E-state index is 0.0564. The van der Waals surface area contributed by atoms with Gasteiger partial charge in [0.25, 0.3) is 11.6 Å². The minimum atomic E-state index is -0.619. The first-order valence-electron chi connectivity index (χ1n) is 5.48. The van der Waals surface area contributed by atoms with Crippen LogP contribution in [0.25, 0.3) is 0 Å². The number of hydrogen-bond acceptors (Lipinski definition) is 4. The molecular weight excluding hydrogens is 274 g/mol. The van der Waals surface area contributed by atoms with Gasteiger partial charge in [-0.3, -0.25) is 19.7 Å². The molecule has 19 heavy (non-hydrogen) atoms. The first kappa shape index (κ1) is 13.3. The predicted molar refractivity (Wildman–Crippen MR) is 67.0 cm³/mol. The maximum Gasteiger partial charge on any atom is 0.271 e. The van der Waals surface area contributed by atoms with Gasteiger partial charge in [0.1, 0.15) is 0 Å². The van der Waals surface area contributed by atoms with Gasteiger partial charge in [-0.15, -0.1) is 0 Å². The Morgan fingerprint density at radius 3 is 2.79 bits per heavy atom. The molecule has 0 bridgehead atoms. The monoisotopic (exact) mass is 283 g/mol. The van der Waals surface area contributed by atoms with Crippen molar-refractivity contribution in [2.45, 2.75) is 0 Å². The number of amides is 2. The molecular formula is C11H10ClN3O4. The van der Waals surface area contributed by atoms with Crippen LogP contribution in [0, 0.1) is 10.1 Å². The highest BCUT2D eigenvalue weighted by Gasteiger charge is 2.24. The Kier molecular flexibility index (Phi) is 3.66. The quantitative estimate of drug-likeness (QED) is 0.642. The van der Waals surface area contributed by atoms with Crippen molar-refractivity contribution in [3.8, 4) is 0 Å². The molecule has 0 radical (unpaired) electrons. The second-order valence-electron chi connectivity index (χ2n) is 4.03. The molecule has 7 nitrogen and oxygen atoms in total. The summed E-state index contributed by atoms with van der Waals surface area (Å²) in [4.78, 5) is 34.8. The molecule has 1 aliphatic heterocycles. The summed E-state index contributed by atoms with van der Waals surface area (Å²) in [6, 6.07) is 3.67. The zero-order valence-corrected chi connectivity index (χ0v) is 10.5. The molecule has 2 rings (SSSR count). The molecule has 2 amide bonds. The van der Waals surface area contributed by atoms with Crippen molar-refractivity contribution in [2.24, 2.45) is 0 Å². The van der Waals surface area contributed by atoms with Crippen molar-refractivity contribution in [3.05, 3.63) is 38.9 Å². The Hall–Kier alpha value is -2.15. The zero-order chi connectivity index (χ0) is 14.0. The van der Waals surface area contributed by atoms with E-state index in [-0.39, 0.29) is 28.7 Å². The second-order valence-corrected chi connectivity index (χ2v) is 4.47. The van der Waals surface area contributed by atoms with E-state index >= 15 is 0 Å². The molecule has 1 heterocycles. The van der Waals surface area contributed by atoms with Gasteiger partial charge in [-0.1, -0.05) is 11.6 Å². The van der Waals surface area contributed by atoms with Crippen molar-refractivity contribution < 1.29 is 14.5 Å². The number of rotatable bonds is 2. The predicted octanol–water partition coefficient (Wildman–Crippen LogP) is 0.820. The molecule has 8 heteroatoms. The SMILES string of the molecule is O=C1CN(C(=O)c2cc(Cl)cc([N+](=O)[O-])c2)CCN1. The Morgan fingerprint density at radius 2 is 2.16 bits per heavy atom. The number of benzene rings is 1. The molecule has 0 aliphatic carbocycles. The van der Waals surface area contributed by atoms with Crippen LogP contribution in [0.1, 0.15) is 10.4 Å². The van der Waals surface area contributed by atoms with Gasteiger partial charge in [-0.05, 0) is 6.07 Å². The third kappa shape index (κ3) is 3.00. The smallest absolute Gasteiger partial charge is 0.271 e. The van der Waals surface area contributed by atoms with Gasteiger partial charge in [0, 0.05) is 35.8 Å². The van der Waals surface area contributed by atoms with Gasteiger partial charge < -0.3 is 10.2 Å². The summed E-state index contributed by atoms with van der Waals surface area (Å²) < 4.78 is 0. The lowest BCUT2D eigenvalue weighted by Crippen LogP contribution is -2.49. The minimum Gasteiger partial charge on any atom is -0.353 e. The fourth-order valence-electron chi connectivity index (χ4n) is 1.80. The average Bonchev–Trinajstić information content (AvgIpc) is 2.37.